The third kappa shape index (κ3) is 2.02. The number of hydrogen-bond donors (Lipinski definition) is 1. The van der Waals surface area contributed by atoms with Gasteiger partial charge in [0.2, 0.25) is 0 Å². The van der Waals surface area contributed by atoms with Crippen molar-refractivity contribution in [2.45, 2.75) is 31.1 Å². The Labute approximate surface area is 97.3 Å². The standard InChI is InChI=1S/C10H15BrN2S/c1-10(3-4-10)8(11)9-13-7(5-12-2)6-14-9/h6,8,12H,3-5H2,1-2H3. The molecule has 1 saturated carbocycles. The van der Waals surface area contributed by atoms with E-state index in [-0.39, 0.29) is 0 Å². The molecule has 1 aromatic rings. The minimum absolute atomic E-state index is 0.450. The molecule has 0 spiro atoms. The zero-order valence-corrected chi connectivity index (χ0v) is 10.9. The van der Waals surface area contributed by atoms with Crippen LogP contribution in [0.3, 0.4) is 0 Å². The summed E-state index contributed by atoms with van der Waals surface area (Å²) in [5, 5.41) is 6.50. The van der Waals surface area contributed by atoms with Gasteiger partial charge in [0.1, 0.15) is 5.01 Å². The van der Waals surface area contributed by atoms with Crippen LogP contribution in [0.1, 0.15) is 35.3 Å². The molecule has 0 aromatic carbocycles. The highest BCUT2D eigenvalue weighted by Crippen LogP contribution is 2.58. The lowest BCUT2D eigenvalue weighted by molar-refractivity contribution is 0.561. The first kappa shape index (κ1) is 10.6. The molecule has 14 heavy (non-hydrogen) atoms. The fourth-order valence-corrected chi connectivity index (χ4v) is 3.30. The van der Waals surface area contributed by atoms with E-state index in [4.69, 9.17) is 0 Å². The predicted octanol–water partition coefficient (Wildman–Crippen LogP) is 3.10. The summed E-state index contributed by atoms with van der Waals surface area (Å²) in [6.07, 6.45) is 2.65. The van der Waals surface area contributed by atoms with Gasteiger partial charge in [-0.25, -0.2) is 4.98 Å². The quantitative estimate of drug-likeness (QED) is 0.854. The zero-order chi connectivity index (χ0) is 10.2. The number of halogens is 1. The van der Waals surface area contributed by atoms with Crippen LogP contribution in [0.5, 0.6) is 0 Å². The van der Waals surface area contributed by atoms with Gasteiger partial charge >= 0.3 is 0 Å². The number of nitrogens with one attached hydrogen (secondary N) is 1. The lowest BCUT2D eigenvalue weighted by Crippen LogP contribution is -2.07. The van der Waals surface area contributed by atoms with Gasteiger partial charge in [0.15, 0.2) is 0 Å². The van der Waals surface area contributed by atoms with Gasteiger partial charge in [-0.15, -0.1) is 11.3 Å². The lowest BCUT2D eigenvalue weighted by atomic mass is 10.1. The number of aromatic nitrogens is 1. The summed E-state index contributed by atoms with van der Waals surface area (Å²) in [6, 6.07) is 0. The fraction of sp³-hybridized carbons (Fsp3) is 0.700. The molecule has 1 aliphatic carbocycles. The van der Waals surface area contributed by atoms with E-state index >= 15 is 0 Å². The van der Waals surface area contributed by atoms with Crippen LogP contribution in [0.15, 0.2) is 5.38 Å². The van der Waals surface area contributed by atoms with Crippen molar-refractivity contribution in [2.24, 2.45) is 5.41 Å². The van der Waals surface area contributed by atoms with E-state index in [0.29, 0.717) is 10.2 Å². The van der Waals surface area contributed by atoms with Gasteiger partial charge in [0, 0.05) is 11.9 Å². The number of nitrogens with zero attached hydrogens (tertiary/aromatic N) is 1. The molecule has 1 unspecified atom stereocenters. The molecule has 78 valence electrons. The first-order valence-corrected chi connectivity index (χ1v) is 6.68. The molecule has 2 rings (SSSR count). The lowest BCUT2D eigenvalue weighted by Gasteiger charge is -2.13. The Kier molecular flexibility index (Phi) is 2.96. The van der Waals surface area contributed by atoms with Crippen molar-refractivity contribution in [2.75, 3.05) is 7.05 Å². The monoisotopic (exact) mass is 274 g/mol. The van der Waals surface area contributed by atoms with Gasteiger partial charge in [-0.3, -0.25) is 0 Å². The van der Waals surface area contributed by atoms with Crippen molar-refractivity contribution in [3.05, 3.63) is 16.1 Å². The van der Waals surface area contributed by atoms with Crippen molar-refractivity contribution in [3.63, 3.8) is 0 Å². The van der Waals surface area contributed by atoms with Crippen molar-refractivity contribution in [1.29, 1.82) is 0 Å². The number of hydrogen-bond acceptors (Lipinski definition) is 3. The van der Waals surface area contributed by atoms with Crippen LogP contribution in [0.2, 0.25) is 0 Å². The second-order valence-corrected chi connectivity index (χ2v) is 6.03. The fourth-order valence-electron chi connectivity index (χ4n) is 1.45. The summed E-state index contributed by atoms with van der Waals surface area (Å²) in [5.41, 5.74) is 1.62. The van der Waals surface area contributed by atoms with E-state index in [1.807, 2.05) is 7.05 Å². The third-order valence-electron chi connectivity index (χ3n) is 2.79. The van der Waals surface area contributed by atoms with Gasteiger partial charge in [-0.2, -0.15) is 0 Å². The average molecular weight is 275 g/mol. The van der Waals surface area contributed by atoms with Gasteiger partial charge in [0.05, 0.1) is 10.5 Å². The van der Waals surface area contributed by atoms with Crippen molar-refractivity contribution in [3.8, 4) is 0 Å². The summed E-state index contributed by atoms with van der Waals surface area (Å²) in [7, 11) is 1.95. The Balaban J connectivity index is 2.08. The molecular formula is C10H15BrN2S. The van der Waals surface area contributed by atoms with E-state index in [1.165, 1.54) is 17.8 Å². The van der Waals surface area contributed by atoms with E-state index in [0.717, 1.165) is 12.2 Å². The summed E-state index contributed by atoms with van der Waals surface area (Å²) in [6.45, 7) is 3.19. The van der Waals surface area contributed by atoms with Gasteiger partial charge in [-0.1, -0.05) is 22.9 Å². The largest absolute Gasteiger partial charge is 0.314 e. The van der Waals surface area contributed by atoms with Gasteiger partial charge in [-0.05, 0) is 25.3 Å². The molecular weight excluding hydrogens is 260 g/mol. The van der Waals surface area contributed by atoms with Crippen LogP contribution in [-0.2, 0) is 6.54 Å². The maximum Gasteiger partial charge on any atom is 0.107 e. The predicted molar refractivity (Wildman–Crippen MR) is 63.9 cm³/mol. The first-order valence-electron chi connectivity index (χ1n) is 4.89. The van der Waals surface area contributed by atoms with Crippen LogP contribution < -0.4 is 5.32 Å². The minimum atomic E-state index is 0.450. The smallest absolute Gasteiger partial charge is 0.107 e. The molecule has 0 aliphatic heterocycles. The van der Waals surface area contributed by atoms with Crippen LogP contribution >= 0.6 is 27.3 Å². The normalized spacial score (nSPS) is 20.8. The highest BCUT2D eigenvalue weighted by molar-refractivity contribution is 9.09. The second-order valence-electron chi connectivity index (χ2n) is 4.22. The third-order valence-corrected chi connectivity index (χ3v) is 5.60. The molecule has 1 fully saturated rings. The topological polar surface area (TPSA) is 24.9 Å². The molecule has 1 N–H and O–H groups in total. The number of rotatable bonds is 4. The van der Waals surface area contributed by atoms with Gasteiger partial charge in [0.25, 0.3) is 0 Å². The first-order chi connectivity index (χ1) is 6.65. The van der Waals surface area contributed by atoms with E-state index in [2.05, 4.69) is 38.5 Å². The van der Waals surface area contributed by atoms with Crippen LogP contribution in [0, 0.1) is 5.41 Å². The zero-order valence-electron chi connectivity index (χ0n) is 8.51. The summed E-state index contributed by atoms with van der Waals surface area (Å²) in [5.74, 6) is 0. The number of thiazole rings is 1. The molecule has 0 radical (unpaired) electrons. The van der Waals surface area contributed by atoms with Crippen LogP contribution in [0.25, 0.3) is 0 Å². The Morgan fingerprint density at radius 3 is 3.00 bits per heavy atom. The van der Waals surface area contributed by atoms with E-state index in [9.17, 15) is 0 Å². The van der Waals surface area contributed by atoms with Gasteiger partial charge < -0.3 is 5.32 Å². The van der Waals surface area contributed by atoms with E-state index < -0.39 is 0 Å². The molecule has 1 atom stereocenters. The Morgan fingerprint density at radius 2 is 2.43 bits per heavy atom. The Bertz CT molecular complexity index is 320. The average Bonchev–Trinajstić information content (AvgIpc) is 2.76. The highest BCUT2D eigenvalue weighted by atomic mass is 79.9. The maximum atomic E-state index is 4.62. The SMILES string of the molecule is CNCc1csc(C(Br)C2(C)CC2)n1. The molecule has 0 saturated heterocycles. The Hall–Kier alpha value is 0.0700. The second kappa shape index (κ2) is 3.91. The number of alkyl halides is 1. The molecule has 1 heterocycles. The van der Waals surface area contributed by atoms with Crippen molar-refractivity contribution < 1.29 is 0 Å². The van der Waals surface area contributed by atoms with Crippen molar-refractivity contribution >= 4 is 27.3 Å². The summed E-state index contributed by atoms with van der Waals surface area (Å²) in [4.78, 5) is 5.07. The molecule has 1 aromatic heterocycles. The van der Waals surface area contributed by atoms with Crippen LogP contribution in [-0.4, -0.2) is 12.0 Å². The molecule has 1 aliphatic rings. The molecule has 0 amide bonds. The summed E-state index contributed by atoms with van der Waals surface area (Å²) >= 11 is 5.53. The highest BCUT2D eigenvalue weighted by Gasteiger charge is 2.45. The maximum absolute atomic E-state index is 4.62. The minimum Gasteiger partial charge on any atom is -0.314 e. The summed E-state index contributed by atoms with van der Waals surface area (Å²) < 4.78 is 0. The molecule has 4 heteroatoms. The van der Waals surface area contributed by atoms with Crippen LogP contribution in [0.4, 0.5) is 0 Å². The molecule has 2 nitrogen and oxygen atoms in total. The molecule has 0 bridgehead atoms. The van der Waals surface area contributed by atoms with E-state index in [1.54, 1.807) is 11.3 Å². The van der Waals surface area contributed by atoms with Crippen molar-refractivity contribution in [1.82, 2.24) is 10.3 Å². The Morgan fingerprint density at radius 1 is 1.71 bits per heavy atom.